The highest BCUT2D eigenvalue weighted by Gasteiger charge is 2.63. The number of esters is 1. The van der Waals surface area contributed by atoms with Crippen LogP contribution in [0.1, 0.15) is 92.9 Å². The predicted molar refractivity (Wildman–Crippen MR) is 217 cm³/mol. The van der Waals surface area contributed by atoms with Crippen molar-refractivity contribution in [3.05, 3.63) is 11.6 Å². The van der Waals surface area contributed by atoms with Crippen molar-refractivity contribution in [1.82, 2.24) is 0 Å². The van der Waals surface area contributed by atoms with Crippen LogP contribution < -0.4 is 0 Å². The van der Waals surface area contributed by atoms with Gasteiger partial charge in [0.1, 0.15) is 42.7 Å². The first kappa shape index (κ1) is 49.5. The van der Waals surface area contributed by atoms with E-state index in [1.807, 2.05) is 6.92 Å². The fraction of sp³-hybridized carbons (Fsp3) is 0.930. The van der Waals surface area contributed by atoms with Gasteiger partial charge in [-0.1, -0.05) is 25.5 Å². The maximum absolute atomic E-state index is 12.0. The largest absolute Gasteiger partial charge is 0.454 e. The van der Waals surface area contributed by atoms with Gasteiger partial charge in [0.15, 0.2) is 25.0 Å². The fourth-order valence-corrected chi connectivity index (χ4v) is 13.1. The SMILES string of the molecule is CO[C@H]1[C@@H](O)[C@@H](C)O[C@@H](O[C@H]2[C@@H](OC)C[C@H](O[C@H]3CC[C@@]4(C)C(=CC[C@@H]5[C@H]6C[C@@H](O[C@H]7O[C@@H](COS(=O)(=O)O)[C@H](O)[C@@H](O)[C@@H]7O)[C@H]([C@H](C)O)[C@@]6(C)CC[C@H]54)C3)O[C@@H]2C)[C@@H]1OC(C)=O. The molecule has 362 valence electrons. The van der Waals surface area contributed by atoms with Crippen LogP contribution in [0.15, 0.2) is 11.6 Å². The molecule has 6 fully saturated rings. The molecule has 7 rings (SSSR count). The number of allylic oxidation sites excluding steroid dienone is 1. The molecule has 6 N–H and O–H groups in total. The number of methoxy groups -OCH3 is 2. The molecule has 0 amide bonds. The van der Waals surface area contributed by atoms with Crippen molar-refractivity contribution in [2.75, 3.05) is 20.8 Å². The van der Waals surface area contributed by atoms with Crippen molar-refractivity contribution in [1.29, 1.82) is 0 Å². The quantitative estimate of drug-likeness (QED) is 0.0869. The summed E-state index contributed by atoms with van der Waals surface area (Å²) in [6.45, 7) is 10.3. The van der Waals surface area contributed by atoms with Gasteiger partial charge in [-0.25, -0.2) is 4.18 Å². The van der Waals surface area contributed by atoms with E-state index in [2.05, 4.69) is 24.1 Å². The Kier molecular flexibility index (Phi) is 15.1. The zero-order valence-corrected chi connectivity index (χ0v) is 38.3. The van der Waals surface area contributed by atoms with E-state index in [9.17, 15) is 38.7 Å². The van der Waals surface area contributed by atoms with Gasteiger partial charge in [0.05, 0.1) is 43.2 Å². The second-order valence-electron chi connectivity index (χ2n) is 19.6. The zero-order chi connectivity index (χ0) is 45.9. The Balaban J connectivity index is 0.998. The second-order valence-corrected chi connectivity index (χ2v) is 20.7. The van der Waals surface area contributed by atoms with E-state index in [4.69, 9.17) is 47.2 Å². The highest BCUT2D eigenvalue weighted by atomic mass is 32.3. The van der Waals surface area contributed by atoms with E-state index in [1.54, 1.807) is 21.0 Å². The topological polar surface area (TPSA) is 265 Å². The van der Waals surface area contributed by atoms with Crippen molar-refractivity contribution in [2.24, 2.45) is 34.5 Å². The number of carbonyl (C=O) groups excluding carboxylic acids is 1. The van der Waals surface area contributed by atoms with Gasteiger partial charge in [-0.2, -0.15) is 8.42 Å². The Bertz CT molecular complexity index is 1730. The number of aliphatic hydroxyl groups is 5. The first-order valence-electron chi connectivity index (χ1n) is 22.5. The first-order valence-corrected chi connectivity index (χ1v) is 23.8. The van der Waals surface area contributed by atoms with E-state index in [0.717, 1.165) is 38.5 Å². The molecule has 0 aromatic rings. The van der Waals surface area contributed by atoms with Gasteiger partial charge in [0.2, 0.25) is 0 Å². The van der Waals surface area contributed by atoms with E-state index in [1.165, 1.54) is 19.6 Å². The maximum Gasteiger partial charge on any atom is 0.397 e. The molecule has 0 bridgehead atoms. The summed E-state index contributed by atoms with van der Waals surface area (Å²) in [7, 11) is -1.84. The minimum Gasteiger partial charge on any atom is -0.454 e. The lowest BCUT2D eigenvalue weighted by Gasteiger charge is -2.58. The van der Waals surface area contributed by atoms with Crippen LogP contribution in [0.2, 0.25) is 0 Å². The minimum atomic E-state index is -4.87. The van der Waals surface area contributed by atoms with E-state index in [-0.39, 0.29) is 34.7 Å². The molecule has 0 spiro atoms. The Labute approximate surface area is 369 Å². The number of rotatable bonds is 13. The van der Waals surface area contributed by atoms with Crippen LogP contribution in [-0.2, 0) is 62.0 Å². The zero-order valence-electron chi connectivity index (χ0n) is 37.5. The van der Waals surface area contributed by atoms with Crippen molar-refractivity contribution in [3.8, 4) is 0 Å². The molecule has 19 nitrogen and oxygen atoms in total. The number of hydrogen-bond donors (Lipinski definition) is 6. The average molecular weight is 923 g/mol. The first-order chi connectivity index (χ1) is 29.6. The molecule has 0 aromatic heterocycles. The third-order valence-electron chi connectivity index (χ3n) is 15.9. The number of carbonyl (C=O) groups is 1. The van der Waals surface area contributed by atoms with Crippen LogP contribution in [-0.4, -0.2) is 170 Å². The molecule has 4 aliphatic carbocycles. The number of hydrogen-bond acceptors (Lipinski definition) is 18. The van der Waals surface area contributed by atoms with Gasteiger partial charge in [-0.15, -0.1) is 0 Å². The summed E-state index contributed by atoms with van der Waals surface area (Å²) >= 11 is 0. The van der Waals surface area contributed by atoms with Crippen LogP contribution in [0.4, 0.5) is 0 Å². The van der Waals surface area contributed by atoms with Gasteiger partial charge in [-0.05, 0) is 94.3 Å². The van der Waals surface area contributed by atoms with Crippen LogP contribution in [0.25, 0.3) is 0 Å². The third kappa shape index (κ3) is 9.80. The van der Waals surface area contributed by atoms with Crippen LogP contribution in [0.3, 0.4) is 0 Å². The number of ether oxygens (including phenoxy) is 9. The molecule has 0 aromatic carbocycles. The third-order valence-corrected chi connectivity index (χ3v) is 16.3. The molecule has 3 saturated carbocycles. The van der Waals surface area contributed by atoms with Crippen molar-refractivity contribution < 1.29 is 90.1 Å². The molecular formula is C43H70O19S. The van der Waals surface area contributed by atoms with Crippen molar-refractivity contribution >= 4 is 16.4 Å². The normalized spacial score (nSPS) is 49.5. The summed E-state index contributed by atoms with van der Waals surface area (Å²) < 4.78 is 90.7. The highest BCUT2D eigenvalue weighted by Crippen LogP contribution is 2.67. The smallest absolute Gasteiger partial charge is 0.397 e. The molecule has 0 unspecified atom stereocenters. The summed E-state index contributed by atoms with van der Waals surface area (Å²) in [5, 5.41) is 54.0. The van der Waals surface area contributed by atoms with Gasteiger partial charge in [0, 0.05) is 33.5 Å². The number of fused-ring (bicyclic) bond motifs is 5. The minimum absolute atomic E-state index is 0.0788. The lowest BCUT2D eigenvalue weighted by Crippen LogP contribution is -2.62. The molecule has 7 aliphatic rings. The summed E-state index contributed by atoms with van der Waals surface area (Å²) in [6.07, 6.45) is -7.80. The molecule has 20 heteroatoms. The standard InChI is InChI=1S/C43H70O19S/c1-19(44)32-28(60-40-36(49)35(48)34(47)30(61-40)18-55-63(50,51)52)16-27-25-10-9-23-15-24(11-13-42(23,5)26(25)12-14-43(27,32)6)59-31-17-29(53-7)37(21(3)56-31)62-41-39(58-22(4)45)38(54-8)33(46)20(2)57-41/h9,19-21,24-41,44,46-49H,10-18H2,1-8H3,(H,50,51,52)/t19-,20+,21+,24-,25-,26+,27+,28+,29-,30-,31-,32-,33-,34-,35+,36-,37+,38-,39+,40-,41-,42-,43-/m0/s1. The van der Waals surface area contributed by atoms with Crippen molar-refractivity contribution in [2.45, 2.75) is 197 Å². The van der Waals surface area contributed by atoms with E-state index in [0.29, 0.717) is 18.8 Å². The predicted octanol–water partition coefficient (Wildman–Crippen LogP) is 1.54. The van der Waals surface area contributed by atoms with Crippen LogP contribution in [0, 0.1) is 34.5 Å². The Morgan fingerprint density at radius 1 is 0.841 bits per heavy atom. The molecule has 23 atom stereocenters. The molecule has 3 aliphatic heterocycles. The summed E-state index contributed by atoms with van der Waals surface area (Å²) in [5.41, 5.74) is 0.969. The lowest BCUT2D eigenvalue weighted by atomic mass is 9.47. The highest BCUT2D eigenvalue weighted by molar-refractivity contribution is 7.80. The summed E-state index contributed by atoms with van der Waals surface area (Å²) in [6, 6.07) is 0. The average Bonchev–Trinajstić information content (AvgIpc) is 3.52. The Morgan fingerprint density at radius 2 is 1.57 bits per heavy atom. The molecule has 0 radical (unpaired) electrons. The van der Waals surface area contributed by atoms with Gasteiger partial charge >= 0.3 is 16.4 Å². The second kappa shape index (κ2) is 19.3. The molecule has 63 heavy (non-hydrogen) atoms. The van der Waals surface area contributed by atoms with E-state index >= 15 is 0 Å². The summed E-state index contributed by atoms with van der Waals surface area (Å²) in [5.74, 6) is -0.117. The molecular weight excluding hydrogens is 853 g/mol. The van der Waals surface area contributed by atoms with Crippen LogP contribution in [0.5, 0.6) is 0 Å². The van der Waals surface area contributed by atoms with E-state index < -0.39 is 121 Å². The van der Waals surface area contributed by atoms with Gasteiger partial charge in [0.25, 0.3) is 0 Å². The Hall–Kier alpha value is -1.44. The lowest BCUT2D eigenvalue weighted by molar-refractivity contribution is -0.343. The van der Waals surface area contributed by atoms with Gasteiger partial charge in [-0.3, -0.25) is 9.35 Å². The summed E-state index contributed by atoms with van der Waals surface area (Å²) in [4.78, 5) is 12.0. The Morgan fingerprint density at radius 3 is 2.22 bits per heavy atom. The number of aliphatic hydroxyl groups excluding tert-OH is 5. The maximum atomic E-state index is 12.0. The molecule has 3 saturated heterocycles. The fourth-order valence-electron chi connectivity index (χ4n) is 12.8. The van der Waals surface area contributed by atoms with Crippen molar-refractivity contribution in [3.63, 3.8) is 0 Å². The molecule has 3 heterocycles. The monoisotopic (exact) mass is 922 g/mol. The van der Waals surface area contributed by atoms with Gasteiger partial charge < -0.3 is 68.2 Å². The van der Waals surface area contributed by atoms with Crippen LogP contribution >= 0.6 is 0 Å².